The van der Waals surface area contributed by atoms with E-state index in [1.165, 1.54) is 0 Å². The number of nitrogen functional groups attached to an aromatic ring is 1. The molecule has 2 atom stereocenters. The molecule has 3 aromatic rings. The van der Waals surface area contributed by atoms with Gasteiger partial charge in [-0.25, -0.2) is 9.97 Å². The summed E-state index contributed by atoms with van der Waals surface area (Å²) in [5.74, 6) is 1.32. The number of carbonyl (C=O) groups excluding carboxylic acids is 1. The number of nitrogens with one attached hydrogen (secondary N) is 2. The Morgan fingerprint density at radius 3 is 2.84 bits per heavy atom. The van der Waals surface area contributed by atoms with Gasteiger partial charge in [-0.1, -0.05) is 6.92 Å². The number of nitrogens with two attached hydrogens (primary N) is 1. The highest BCUT2D eigenvalue weighted by Gasteiger charge is 2.18. The van der Waals surface area contributed by atoms with Crippen LogP contribution in [-0.4, -0.2) is 48.3 Å². The summed E-state index contributed by atoms with van der Waals surface area (Å²) in [6, 6.07) is 13.0. The Kier molecular flexibility index (Phi) is 7.82. The third-order valence-electron chi connectivity index (χ3n) is 6.60. The van der Waals surface area contributed by atoms with Crippen molar-refractivity contribution in [3.05, 3.63) is 59.8 Å². The highest BCUT2D eigenvalue weighted by Crippen LogP contribution is 2.29. The second kappa shape index (κ2) is 11.6. The van der Waals surface area contributed by atoms with E-state index in [1.807, 2.05) is 24.3 Å². The minimum atomic E-state index is -0.154. The monoisotopic (exact) mass is 503 g/mol. The minimum Gasteiger partial charge on any atom is -0.488 e. The van der Waals surface area contributed by atoms with Crippen LogP contribution in [0.25, 0.3) is 11.3 Å². The molecule has 2 aromatic carbocycles. The number of amides is 1. The van der Waals surface area contributed by atoms with Crippen molar-refractivity contribution in [3.63, 3.8) is 0 Å². The Morgan fingerprint density at radius 1 is 1.08 bits per heavy atom. The largest absolute Gasteiger partial charge is 0.488 e. The summed E-state index contributed by atoms with van der Waals surface area (Å²) in [7, 11) is 0. The van der Waals surface area contributed by atoms with Crippen LogP contribution in [0.4, 0.5) is 17.3 Å². The second-order valence-corrected chi connectivity index (χ2v) is 9.63. The zero-order valence-corrected chi connectivity index (χ0v) is 21.0. The third-order valence-corrected chi connectivity index (χ3v) is 6.60. The number of rotatable bonds is 2. The lowest BCUT2D eigenvalue weighted by Gasteiger charge is -2.25. The van der Waals surface area contributed by atoms with E-state index in [1.54, 1.807) is 24.4 Å². The van der Waals surface area contributed by atoms with Crippen LogP contribution in [0.2, 0.25) is 0 Å². The van der Waals surface area contributed by atoms with E-state index in [2.05, 4.69) is 27.5 Å². The maximum absolute atomic E-state index is 12.7. The molecule has 6 bridgehead atoms. The number of benzene rings is 2. The molecule has 4 N–H and O–H groups in total. The molecule has 1 aromatic heterocycles. The fourth-order valence-corrected chi connectivity index (χ4v) is 4.44. The van der Waals surface area contributed by atoms with Crippen molar-refractivity contribution in [2.24, 2.45) is 5.92 Å². The highest BCUT2D eigenvalue weighted by molar-refractivity contribution is 5.96. The van der Waals surface area contributed by atoms with Crippen LogP contribution in [0.15, 0.2) is 48.7 Å². The third kappa shape index (κ3) is 6.36. The number of hydrogen-bond donors (Lipinski definition) is 3. The lowest BCUT2D eigenvalue weighted by Crippen LogP contribution is -2.29. The predicted octanol–water partition coefficient (Wildman–Crippen LogP) is 4.31. The quantitative estimate of drug-likeness (QED) is 0.443. The first-order valence-electron chi connectivity index (χ1n) is 12.8. The van der Waals surface area contributed by atoms with Crippen molar-refractivity contribution in [2.45, 2.75) is 38.9 Å². The lowest BCUT2D eigenvalue weighted by molar-refractivity contribution is 0.00597. The number of aromatic nitrogens is 2. The van der Waals surface area contributed by atoms with Crippen LogP contribution in [0, 0.1) is 5.92 Å². The van der Waals surface area contributed by atoms with Gasteiger partial charge in [-0.3, -0.25) is 4.79 Å². The molecule has 4 heterocycles. The maximum atomic E-state index is 12.7. The van der Waals surface area contributed by atoms with Crippen molar-refractivity contribution in [3.8, 4) is 17.0 Å². The molecule has 2 unspecified atom stereocenters. The molecule has 0 aliphatic carbocycles. The molecule has 6 rings (SSSR count). The van der Waals surface area contributed by atoms with Crippen LogP contribution in [0.5, 0.6) is 5.75 Å². The first-order chi connectivity index (χ1) is 18.0. The molecule has 1 amide bonds. The van der Waals surface area contributed by atoms with Crippen LogP contribution in [0.3, 0.4) is 0 Å². The smallest absolute Gasteiger partial charge is 0.251 e. The Balaban J connectivity index is 1.45. The average Bonchev–Trinajstić information content (AvgIpc) is 2.91. The molecule has 0 saturated carbocycles. The predicted molar refractivity (Wildman–Crippen MR) is 142 cm³/mol. The average molecular weight is 504 g/mol. The lowest BCUT2D eigenvalue weighted by atomic mass is 10.0. The summed E-state index contributed by atoms with van der Waals surface area (Å²) >= 11 is 0. The van der Waals surface area contributed by atoms with Gasteiger partial charge in [0.25, 0.3) is 5.91 Å². The number of anilines is 3. The van der Waals surface area contributed by atoms with Gasteiger partial charge in [0, 0.05) is 54.0 Å². The fourth-order valence-electron chi connectivity index (χ4n) is 4.44. The van der Waals surface area contributed by atoms with Crippen LogP contribution < -0.4 is 21.1 Å². The molecule has 9 nitrogen and oxygen atoms in total. The Hall–Kier alpha value is -3.69. The summed E-state index contributed by atoms with van der Waals surface area (Å²) in [5, 5.41) is 6.29. The zero-order chi connectivity index (χ0) is 25.6. The van der Waals surface area contributed by atoms with Crippen molar-refractivity contribution in [1.82, 2.24) is 15.3 Å². The molecule has 3 aliphatic heterocycles. The van der Waals surface area contributed by atoms with Crippen LogP contribution >= 0.6 is 0 Å². The number of carbonyl (C=O) groups is 1. The molecule has 0 spiro atoms. The summed E-state index contributed by atoms with van der Waals surface area (Å²) in [6.07, 6.45) is 4.48. The number of fused-ring (bicyclic) bond motifs is 9. The van der Waals surface area contributed by atoms with E-state index < -0.39 is 0 Å². The van der Waals surface area contributed by atoms with Gasteiger partial charge in [0.2, 0.25) is 5.95 Å². The summed E-state index contributed by atoms with van der Waals surface area (Å²) in [4.78, 5) is 21.7. The fraction of sp³-hybridized carbons (Fsp3) is 0.393. The van der Waals surface area contributed by atoms with E-state index in [0.29, 0.717) is 49.3 Å². The molecule has 1 saturated heterocycles. The molecular formula is C28H33N5O4. The molecule has 194 valence electrons. The molecular weight excluding hydrogens is 470 g/mol. The molecule has 9 heteroatoms. The summed E-state index contributed by atoms with van der Waals surface area (Å²) < 4.78 is 17.9. The Labute approximate surface area is 216 Å². The Morgan fingerprint density at radius 2 is 2.00 bits per heavy atom. The summed E-state index contributed by atoms with van der Waals surface area (Å²) in [5.41, 5.74) is 10.5. The normalized spacial score (nSPS) is 20.6. The first kappa shape index (κ1) is 25.0. The van der Waals surface area contributed by atoms with E-state index in [0.717, 1.165) is 48.4 Å². The van der Waals surface area contributed by atoms with E-state index >= 15 is 0 Å². The molecule has 0 radical (unpaired) electrons. The first-order valence-corrected chi connectivity index (χ1v) is 12.8. The highest BCUT2D eigenvalue weighted by atomic mass is 16.5. The molecule has 1 fully saturated rings. The number of ether oxygens (including phenoxy) is 3. The van der Waals surface area contributed by atoms with Gasteiger partial charge < -0.3 is 30.6 Å². The van der Waals surface area contributed by atoms with Gasteiger partial charge in [0.1, 0.15) is 11.9 Å². The van der Waals surface area contributed by atoms with Crippen molar-refractivity contribution < 1.29 is 19.0 Å². The topological polar surface area (TPSA) is 121 Å². The number of nitrogens with zero attached hydrogens (tertiary/aromatic N) is 2. The number of hydrogen-bond acceptors (Lipinski definition) is 8. The van der Waals surface area contributed by atoms with Crippen LogP contribution in [0.1, 0.15) is 42.1 Å². The van der Waals surface area contributed by atoms with Gasteiger partial charge in [0.05, 0.1) is 18.9 Å². The van der Waals surface area contributed by atoms with Crippen LogP contribution in [-0.2, 0) is 16.1 Å². The van der Waals surface area contributed by atoms with E-state index in [4.69, 9.17) is 19.9 Å². The van der Waals surface area contributed by atoms with Crippen molar-refractivity contribution in [1.29, 1.82) is 0 Å². The zero-order valence-electron chi connectivity index (χ0n) is 21.0. The van der Waals surface area contributed by atoms with Gasteiger partial charge in [-0.05, 0) is 67.6 Å². The maximum Gasteiger partial charge on any atom is 0.251 e. The SMILES string of the molecule is CC1CCOCc2cc(ccc2OC2CCCOC2)Nc2nccc(n2)-c2ccc(cc2N)C(=O)NC1. The Bertz CT molecular complexity index is 1240. The minimum absolute atomic E-state index is 0.0288. The molecule has 3 aliphatic rings. The van der Waals surface area contributed by atoms with E-state index in [-0.39, 0.29) is 17.9 Å². The van der Waals surface area contributed by atoms with E-state index in [9.17, 15) is 4.79 Å². The van der Waals surface area contributed by atoms with Gasteiger partial charge in [0.15, 0.2) is 0 Å². The van der Waals surface area contributed by atoms with Gasteiger partial charge in [-0.2, -0.15) is 0 Å². The van der Waals surface area contributed by atoms with Gasteiger partial charge in [-0.15, -0.1) is 0 Å². The molecule has 37 heavy (non-hydrogen) atoms. The standard InChI is InChI=1S/C28H33N5O4/c1-18-9-12-36-16-20-13-21(5-7-26(20)37-22-3-2-11-35-17-22)32-28-30-10-8-25(33-28)23-6-4-19(14-24(23)29)27(34)31-15-18/h4-8,10,13-14,18,22H,2-3,9,11-12,15-17,29H2,1H3,(H,31,34)(H,30,32,33). The van der Waals surface area contributed by atoms with Gasteiger partial charge >= 0.3 is 0 Å². The second-order valence-electron chi connectivity index (χ2n) is 9.63. The van der Waals surface area contributed by atoms with Crippen molar-refractivity contribution in [2.75, 3.05) is 37.4 Å². The van der Waals surface area contributed by atoms with Crippen molar-refractivity contribution >= 4 is 23.2 Å². The summed E-state index contributed by atoms with van der Waals surface area (Å²) in [6.45, 7) is 4.98.